The molecule has 0 aliphatic carbocycles. The van der Waals surface area contributed by atoms with Crippen LogP contribution in [0.25, 0.3) is 0 Å². The second-order valence-electron chi connectivity index (χ2n) is 6.54. The van der Waals surface area contributed by atoms with Gasteiger partial charge in [-0.1, -0.05) is 41.5 Å². The molecular formula is C15H29NO3. The lowest BCUT2D eigenvalue weighted by Gasteiger charge is -2.29. The largest absolute Gasteiger partial charge is 0.481 e. The minimum absolute atomic E-state index is 0.0617. The molecule has 1 atom stereocenters. The fraction of sp³-hybridized carbons (Fsp3) is 0.867. The number of carbonyl (C=O) groups excluding carboxylic acids is 1. The molecule has 0 saturated carbocycles. The highest BCUT2D eigenvalue weighted by atomic mass is 16.4. The van der Waals surface area contributed by atoms with E-state index in [1.165, 1.54) is 0 Å². The van der Waals surface area contributed by atoms with Crippen LogP contribution in [0.4, 0.5) is 0 Å². The van der Waals surface area contributed by atoms with Crippen molar-refractivity contribution in [2.24, 2.45) is 16.7 Å². The monoisotopic (exact) mass is 271 g/mol. The van der Waals surface area contributed by atoms with E-state index < -0.39 is 11.4 Å². The number of carboxylic acids is 1. The van der Waals surface area contributed by atoms with Crippen molar-refractivity contribution < 1.29 is 14.7 Å². The lowest BCUT2D eigenvalue weighted by Crippen LogP contribution is -2.39. The van der Waals surface area contributed by atoms with E-state index in [-0.39, 0.29) is 17.7 Å². The molecule has 19 heavy (non-hydrogen) atoms. The number of carbonyl (C=O) groups is 2. The molecule has 112 valence electrons. The molecular weight excluding hydrogens is 242 g/mol. The molecule has 0 aromatic heterocycles. The molecule has 1 amide bonds. The molecule has 0 aromatic rings. The Labute approximate surface area is 117 Å². The third-order valence-electron chi connectivity index (χ3n) is 4.39. The molecule has 0 saturated heterocycles. The molecule has 0 aromatic carbocycles. The molecule has 0 aliphatic heterocycles. The van der Waals surface area contributed by atoms with Gasteiger partial charge >= 0.3 is 5.97 Å². The van der Waals surface area contributed by atoms with Crippen LogP contribution in [0.1, 0.15) is 60.8 Å². The van der Waals surface area contributed by atoms with Crippen molar-refractivity contribution in [2.45, 2.75) is 60.8 Å². The average Bonchev–Trinajstić information content (AvgIpc) is 2.31. The smallest absolute Gasteiger partial charge is 0.310 e. The highest BCUT2D eigenvalue weighted by molar-refractivity contribution is 5.84. The first-order valence-electron chi connectivity index (χ1n) is 7.09. The summed E-state index contributed by atoms with van der Waals surface area (Å²) < 4.78 is 0. The van der Waals surface area contributed by atoms with Gasteiger partial charge in [0.25, 0.3) is 0 Å². The van der Waals surface area contributed by atoms with Gasteiger partial charge in [0.05, 0.1) is 5.41 Å². The normalized spacial score (nSPS) is 14.0. The molecule has 0 radical (unpaired) electrons. The summed E-state index contributed by atoms with van der Waals surface area (Å²) in [5, 5.41) is 12.2. The van der Waals surface area contributed by atoms with E-state index in [2.05, 4.69) is 33.0 Å². The maximum Gasteiger partial charge on any atom is 0.310 e. The molecule has 4 heteroatoms. The highest BCUT2D eigenvalue weighted by Gasteiger charge is 2.37. The molecule has 1 unspecified atom stereocenters. The predicted molar refractivity (Wildman–Crippen MR) is 76.9 cm³/mol. The van der Waals surface area contributed by atoms with Crippen LogP contribution in [-0.2, 0) is 9.59 Å². The standard InChI is InChI=1S/C15H29NO3/c1-7-15(8-2,13(18)19)9-12(17)16-10-11(3)14(4,5)6/h11H,7-10H2,1-6H3,(H,16,17)(H,18,19). The van der Waals surface area contributed by atoms with Gasteiger partial charge in [-0.3, -0.25) is 9.59 Å². The summed E-state index contributed by atoms with van der Waals surface area (Å²) in [6, 6.07) is 0. The van der Waals surface area contributed by atoms with Crippen LogP contribution in [0.2, 0.25) is 0 Å². The van der Waals surface area contributed by atoms with Gasteiger partial charge < -0.3 is 10.4 Å². The van der Waals surface area contributed by atoms with Gasteiger partial charge in [0, 0.05) is 13.0 Å². The predicted octanol–water partition coefficient (Wildman–Crippen LogP) is 3.07. The molecule has 0 fully saturated rings. The zero-order valence-corrected chi connectivity index (χ0v) is 13.2. The number of nitrogens with one attached hydrogen (secondary N) is 1. The van der Waals surface area contributed by atoms with E-state index in [0.29, 0.717) is 25.3 Å². The lowest BCUT2D eigenvalue weighted by molar-refractivity contribution is -0.152. The first kappa shape index (κ1) is 17.9. The summed E-state index contributed by atoms with van der Waals surface area (Å²) in [4.78, 5) is 23.3. The van der Waals surface area contributed by atoms with Gasteiger partial charge in [-0.05, 0) is 24.2 Å². The average molecular weight is 271 g/mol. The number of amides is 1. The second-order valence-corrected chi connectivity index (χ2v) is 6.54. The first-order chi connectivity index (χ1) is 8.59. The van der Waals surface area contributed by atoms with Crippen LogP contribution >= 0.6 is 0 Å². The fourth-order valence-electron chi connectivity index (χ4n) is 1.82. The number of carboxylic acid groups (broad SMARTS) is 1. The van der Waals surface area contributed by atoms with Crippen molar-refractivity contribution in [3.05, 3.63) is 0 Å². The minimum Gasteiger partial charge on any atom is -0.481 e. The molecule has 0 heterocycles. The molecule has 0 rings (SSSR count). The Morgan fingerprint density at radius 3 is 1.95 bits per heavy atom. The van der Waals surface area contributed by atoms with Crippen molar-refractivity contribution in [3.63, 3.8) is 0 Å². The Bertz CT molecular complexity index is 314. The Morgan fingerprint density at radius 1 is 1.16 bits per heavy atom. The van der Waals surface area contributed by atoms with Gasteiger partial charge in [0.2, 0.25) is 5.91 Å². The summed E-state index contributed by atoms with van der Waals surface area (Å²) in [7, 11) is 0. The van der Waals surface area contributed by atoms with E-state index in [0.717, 1.165) is 0 Å². The fourth-order valence-corrected chi connectivity index (χ4v) is 1.82. The van der Waals surface area contributed by atoms with Crippen molar-refractivity contribution in [3.8, 4) is 0 Å². The van der Waals surface area contributed by atoms with Crippen molar-refractivity contribution in [1.82, 2.24) is 5.32 Å². The second kappa shape index (κ2) is 6.92. The van der Waals surface area contributed by atoms with Crippen LogP contribution in [0.3, 0.4) is 0 Å². The zero-order chi connectivity index (χ0) is 15.3. The minimum atomic E-state index is -0.922. The van der Waals surface area contributed by atoms with Gasteiger partial charge in [0.15, 0.2) is 0 Å². The first-order valence-corrected chi connectivity index (χ1v) is 7.09. The van der Waals surface area contributed by atoms with Crippen LogP contribution < -0.4 is 5.32 Å². The highest BCUT2D eigenvalue weighted by Crippen LogP contribution is 2.31. The summed E-state index contributed by atoms with van der Waals surface area (Å²) in [5.74, 6) is -0.697. The SMILES string of the molecule is CCC(CC)(CC(=O)NCC(C)C(C)(C)C)C(=O)O. The van der Waals surface area contributed by atoms with Crippen molar-refractivity contribution in [1.29, 1.82) is 0 Å². The lowest BCUT2D eigenvalue weighted by atomic mass is 9.78. The van der Waals surface area contributed by atoms with Crippen LogP contribution in [0.5, 0.6) is 0 Å². The maximum atomic E-state index is 11.9. The molecule has 4 nitrogen and oxygen atoms in total. The van der Waals surface area contributed by atoms with Gasteiger partial charge in [-0.15, -0.1) is 0 Å². The molecule has 0 spiro atoms. The third-order valence-corrected chi connectivity index (χ3v) is 4.39. The van der Waals surface area contributed by atoms with Crippen LogP contribution in [-0.4, -0.2) is 23.5 Å². The zero-order valence-electron chi connectivity index (χ0n) is 13.2. The van der Waals surface area contributed by atoms with E-state index >= 15 is 0 Å². The Kier molecular flexibility index (Phi) is 6.53. The van der Waals surface area contributed by atoms with Crippen molar-refractivity contribution >= 4 is 11.9 Å². The topological polar surface area (TPSA) is 66.4 Å². The summed E-state index contributed by atoms with van der Waals surface area (Å²) in [5.41, 5.74) is -0.790. The number of hydrogen-bond donors (Lipinski definition) is 2. The number of rotatable bonds is 7. The number of aliphatic carboxylic acids is 1. The quantitative estimate of drug-likeness (QED) is 0.748. The molecule has 2 N–H and O–H groups in total. The van der Waals surface area contributed by atoms with Gasteiger partial charge in [-0.2, -0.15) is 0 Å². The Hall–Kier alpha value is -1.06. The van der Waals surface area contributed by atoms with Gasteiger partial charge in [0.1, 0.15) is 0 Å². The van der Waals surface area contributed by atoms with Crippen LogP contribution in [0, 0.1) is 16.7 Å². The molecule has 0 aliphatic rings. The third kappa shape index (κ3) is 5.21. The maximum absolute atomic E-state index is 11.9. The summed E-state index contributed by atoms with van der Waals surface area (Å²) in [6.07, 6.45) is 1.01. The van der Waals surface area contributed by atoms with E-state index in [1.807, 2.05) is 13.8 Å². The van der Waals surface area contributed by atoms with E-state index in [4.69, 9.17) is 0 Å². The van der Waals surface area contributed by atoms with E-state index in [1.54, 1.807) is 0 Å². The van der Waals surface area contributed by atoms with Crippen molar-refractivity contribution in [2.75, 3.05) is 6.54 Å². The summed E-state index contributed by atoms with van der Waals surface area (Å²) in [6.45, 7) is 12.7. The Morgan fingerprint density at radius 2 is 1.63 bits per heavy atom. The Balaban J connectivity index is 4.49. The molecule has 0 bridgehead atoms. The number of hydrogen-bond acceptors (Lipinski definition) is 2. The van der Waals surface area contributed by atoms with Gasteiger partial charge in [-0.25, -0.2) is 0 Å². The summed E-state index contributed by atoms with van der Waals surface area (Å²) >= 11 is 0. The van der Waals surface area contributed by atoms with E-state index in [9.17, 15) is 14.7 Å². The van der Waals surface area contributed by atoms with Crippen LogP contribution in [0.15, 0.2) is 0 Å².